The smallest absolute Gasteiger partial charge is 0.213 e. The van der Waals surface area contributed by atoms with Gasteiger partial charge in [0.1, 0.15) is 11.9 Å². The topological polar surface area (TPSA) is 83.0 Å². The van der Waals surface area contributed by atoms with Gasteiger partial charge in [0.05, 0.1) is 12.3 Å². The van der Waals surface area contributed by atoms with E-state index in [0.717, 1.165) is 18.6 Å². The van der Waals surface area contributed by atoms with Crippen LogP contribution < -0.4 is 15.4 Å². The number of hydrogen-bond donors (Lipinski definition) is 2. The molecule has 7 nitrogen and oxygen atoms in total. The van der Waals surface area contributed by atoms with Crippen molar-refractivity contribution in [2.75, 3.05) is 32.4 Å². The van der Waals surface area contributed by atoms with Crippen LogP contribution in [0.4, 0.5) is 0 Å². The number of halogens is 1. The van der Waals surface area contributed by atoms with E-state index < -0.39 is 10.0 Å². The molecular weight excluding hydrogens is 479 g/mol. The number of piperidine rings is 1. The maximum atomic E-state index is 11.9. The summed E-state index contributed by atoms with van der Waals surface area (Å²) in [6, 6.07) is 9.93. The van der Waals surface area contributed by atoms with Crippen LogP contribution in [0.15, 0.2) is 35.3 Å². The van der Waals surface area contributed by atoms with Crippen LogP contribution in [0, 0.1) is 0 Å². The minimum absolute atomic E-state index is 0. The van der Waals surface area contributed by atoms with Gasteiger partial charge in [-0.05, 0) is 38.8 Å². The fourth-order valence-electron chi connectivity index (χ4n) is 2.86. The predicted octanol–water partition coefficient (Wildman–Crippen LogP) is 2.05. The molecule has 0 saturated carbocycles. The molecule has 1 saturated heterocycles. The molecule has 2 N–H and O–H groups in total. The second-order valence-electron chi connectivity index (χ2n) is 6.41. The largest absolute Gasteiger partial charge is 0.489 e. The van der Waals surface area contributed by atoms with Gasteiger partial charge in [-0.3, -0.25) is 4.99 Å². The minimum atomic E-state index is -3.09. The average Bonchev–Trinajstić information content (AvgIpc) is 2.66. The van der Waals surface area contributed by atoms with E-state index in [1.54, 1.807) is 18.3 Å². The maximum Gasteiger partial charge on any atom is 0.213 e. The number of aliphatic imine (C=N–C) groups is 1. The van der Waals surface area contributed by atoms with E-state index in [1.807, 2.05) is 37.3 Å². The van der Waals surface area contributed by atoms with Crippen LogP contribution in [0.1, 0.15) is 26.7 Å². The first-order valence-electron chi connectivity index (χ1n) is 9.11. The Morgan fingerprint density at radius 3 is 2.48 bits per heavy atom. The lowest BCUT2D eigenvalue weighted by atomic mass is 10.1. The Hall–Kier alpha value is -1.07. The van der Waals surface area contributed by atoms with Crippen LogP contribution in [-0.4, -0.2) is 63.3 Å². The second-order valence-corrected chi connectivity index (χ2v) is 8.67. The molecule has 0 radical (unpaired) electrons. The SMILES string of the molecule is CCS(=O)(=O)N1CCC(NC(=NC)NCC(C)Oc2ccccc2)CC1.I. The van der Waals surface area contributed by atoms with Crippen molar-refractivity contribution in [3.05, 3.63) is 30.3 Å². The third-order valence-electron chi connectivity index (χ3n) is 4.41. The number of rotatable bonds is 7. The van der Waals surface area contributed by atoms with Crippen LogP contribution in [0.5, 0.6) is 5.75 Å². The number of sulfonamides is 1. The van der Waals surface area contributed by atoms with Gasteiger partial charge >= 0.3 is 0 Å². The predicted molar refractivity (Wildman–Crippen MR) is 121 cm³/mol. The normalized spacial score (nSPS) is 17.7. The summed E-state index contributed by atoms with van der Waals surface area (Å²) in [6.45, 7) is 5.42. The van der Waals surface area contributed by atoms with Crippen LogP contribution in [0.25, 0.3) is 0 Å². The van der Waals surface area contributed by atoms with Crippen LogP contribution in [0.3, 0.4) is 0 Å². The summed E-state index contributed by atoms with van der Waals surface area (Å²) in [5.74, 6) is 1.72. The highest BCUT2D eigenvalue weighted by molar-refractivity contribution is 14.0. The van der Waals surface area contributed by atoms with Gasteiger partial charge in [0.2, 0.25) is 10.0 Å². The van der Waals surface area contributed by atoms with Crippen LogP contribution >= 0.6 is 24.0 Å². The number of para-hydroxylation sites is 1. The van der Waals surface area contributed by atoms with Crippen molar-refractivity contribution in [1.29, 1.82) is 0 Å². The number of benzene rings is 1. The quantitative estimate of drug-likeness (QED) is 0.334. The monoisotopic (exact) mass is 510 g/mol. The highest BCUT2D eigenvalue weighted by Crippen LogP contribution is 2.14. The van der Waals surface area contributed by atoms with E-state index in [9.17, 15) is 8.42 Å². The summed E-state index contributed by atoms with van der Waals surface area (Å²) >= 11 is 0. The van der Waals surface area contributed by atoms with Gasteiger partial charge in [-0.15, -0.1) is 24.0 Å². The lowest BCUT2D eigenvalue weighted by Crippen LogP contribution is -2.51. The summed E-state index contributed by atoms with van der Waals surface area (Å²) in [5, 5.41) is 6.65. The Labute approximate surface area is 180 Å². The molecule has 154 valence electrons. The van der Waals surface area contributed by atoms with E-state index in [0.29, 0.717) is 25.6 Å². The molecule has 1 fully saturated rings. The summed E-state index contributed by atoms with van der Waals surface area (Å²) < 4.78 is 31.3. The number of hydrogen-bond acceptors (Lipinski definition) is 4. The van der Waals surface area contributed by atoms with Crippen molar-refractivity contribution < 1.29 is 13.2 Å². The fourth-order valence-corrected chi connectivity index (χ4v) is 3.99. The van der Waals surface area contributed by atoms with Crippen molar-refractivity contribution in [1.82, 2.24) is 14.9 Å². The van der Waals surface area contributed by atoms with Crippen LogP contribution in [-0.2, 0) is 10.0 Å². The number of guanidine groups is 1. The molecule has 1 heterocycles. The zero-order valence-electron chi connectivity index (χ0n) is 16.2. The molecule has 1 unspecified atom stereocenters. The zero-order chi connectivity index (χ0) is 19.0. The third-order valence-corrected chi connectivity index (χ3v) is 6.30. The highest BCUT2D eigenvalue weighted by atomic mass is 127. The van der Waals surface area contributed by atoms with Gasteiger partial charge in [0.15, 0.2) is 5.96 Å². The van der Waals surface area contributed by atoms with Gasteiger partial charge in [-0.25, -0.2) is 12.7 Å². The summed E-state index contributed by atoms with van der Waals surface area (Å²) in [6.07, 6.45) is 1.54. The van der Waals surface area contributed by atoms with Gasteiger partial charge in [-0.2, -0.15) is 0 Å². The van der Waals surface area contributed by atoms with E-state index in [1.165, 1.54) is 0 Å². The first-order valence-corrected chi connectivity index (χ1v) is 10.7. The molecular formula is C18H31IN4O3S. The lowest BCUT2D eigenvalue weighted by Gasteiger charge is -2.32. The molecule has 1 aliphatic heterocycles. The summed E-state index contributed by atoms with van der Waals surface area (Å²) in [7, 11) is -1.36. The molecule has 1 aromatic carbocycles. The molecule has 0 amide bonds. The van der Waals surface area contributed by atoms with Gasteiger partial charge in [-0.1, -0.05) is 18.2 Å². The Balaban J connectivity index is 0.00000364. The molecule has 27 heavy (non-hydrogen) atoms. The fraction of sp³-hybridized carbons (Fsp3) is 0.611. The Bertz CT molecular complexity index is 677. The maximum absolute atomic E-state index is 11.9. The molecule has 1 aromatic rings. The van der Waals surface area contributed by atoms with Crippen molar-refractivity contribution >= 4 is 40.0 Å². The van der Waals surface area contributed by atoms with Gasteiger partial charge < -0.3 is 15.4 Å². The van der Waals surface area contributed by atoms with Gasteiger partial charge in [0.25, 0.3) is 0 Å². The Morgan fingerprint density at radius 2 is 1.93 bits per heavy atom. The minimum Gasteiger partial charge on any atom is -0.489 e. The molecule has 1 aliphatic rings. The van der Waals surface area contributed by atoms with E-state index in [2.05, 4.69) is 15.6 Å². The zero-order valence-corrected chi connectivity index (χ0v) is 19.4. The molecule has 0 aliphatic carbocycles. The molecule has 1 atom stereocenters. The number of ether oxygens (including phenoxy) is 1. The summed E-state index contributed by atoms with van der Waals surface area (Å²) in [4.78, 5) is 4.25. The third kappa shape index (κ3) is 7.82. The average molecular weight is 510 g/mol. The molecule has 2 rings (SSSR count). The Morgan fingerprint density at radius 1 is 1.30 bits per heavy atom. The molecule has 9 heteroatoms. The highest BCUT2D eigenvalue weighted by Gasteiger charge is 2.27. The van der Waals surface area contributed by atoms with E-state index in [-0.39, 0.29) is 41.9 Å². The van der Waals surface area contributed by atoms with Crippen molar-refractivity contribution in [2.45, 2.75) is 38.8 Å². The molecule has 0 spiro atoms. The number of nitrogens with zero attached hydrogens (tertiary/aromatic N) is 2. The first-order chi connectivity index (χ1) is 12.4. The second kappa shape index (κ2) is 11.7. The van der Waals surface area contributed by atoms with Crippen molar-refractivity contribution in [3.63, 3.8) is 0 Å². The molecule has 0 bridgehead atoms. The Kier molecular flexibility index (Phi) is 10.4. The van der Waals surface area contributed by atoms with Gasteiger partial charge in [0, 0.05) is 26.2 Å². The van der Waals surface area contributed by atoms with Crippen LogP contribution in [0.2, 0.25) is 0 Å². The van der Waals surface area contributed by atoms with Crippen molar-refractivity contribution in [2.24, 2.45) is 4.99 Å². The van der Waals surface area contributed by atoms with E-state index >= 15 is 0 Å². The number of nitrogens with one attached hydrogen (secondary N) is 2. The summed E-state index contributed by atoms with van der Waals surface area (Å²) in [5.41, 5.74) is 0. The standard InChI is InChI=1S/C18H30N4O3S.HI/c1-4-26(23,24)22-12-10-16(11-13-22)21-18(19-3)20-14-15(2)25-17-8-6-5-7-9-17;/h5-9,15-16H,4,10-14H2,1-3H3,(H2,19,20,21);1H. The van der Waals surface area contributed by atoms with E-state index in [4.69, 9.17) is 4.74 Å². The lowest BCUT2D eigenvalue weighted by molar-refractivity contribution is 0.223. The van der Waals surface area contributed by atoms with Crippen molar-refractivity contribution in [3.8, 4) is 5.75 Å². The molecule has 0 aromatic heterocycles. The first kappa shape index (κ1) is 24.0.